The second kappa shape index (κ2) is 7.33. The van der Waals surface area contributed by atoms with Crippen LogP contribution in [0.3, 0.4) is 0 Å². The van der Waals surface area contributed by atoms with Crippen molar-refractivity contribution in [2.24, 2.45) is 0 Å². The largest absolute Gasteiger partial charge is 0.437 e. The molecule has 2 heterocycles. The number of nitriles is 1. The lowest BCUT2D eigenvalue weighted by Gasteiger charge is -2.19. The van der Waals surface area contributed by atoms with E-state index >= 15 is 0 Å². The van der Waals surface area contributed by atoms with Crippen LogP contribution >= 0.6 is 0 Å². The molecule has 0 amide bonds. The Hall–Kier alpha value is -4.19. The first-order valence-corrected chi connectivity index (χ1v) is 8.98. The van der Waals surface area contributed by atoms with Gasteiger partial charge in [-0.15, -0.1) is 5.10 Å². The molecule has 1 aliphatic heterocycles. The number of Topliss-reactive ketones (excluding diaryl/α,β-unsaturated/α-hetero) is 1. The number of halogens is 1. The molecule has 0 N–H and O–H groups in total. The van der Waals surface area contributed by atoms with Crippen LogP contribution in [-0.4, -0.2) is 29.7 Å². The summed E-state index contributed by atoms with van der Waals surface area (Å²) in [6.45, 7) is -0.464. The molecule has 3 aromatic rings. The van der Waals surface area contributed by atoms with E-state index in [1.54, 1.807) is 23.9 Å². The Morgan fingerprint density at radius 3 is 2.27 bits per heavy atom. The molecule has 150 valence electrons. The van der Waals surface area contributed by atoms with Crippen molar-refractivity contribution in [3.8, 4) is 17.5 Å². The first-order chi connectivity index (χ1) is 14.4. The van der Waals surface area contributed by atoms with Gasteiger partial charge in [0, 0.05) is 19.7 Å². The summed E-state index contributed by atoms with van der Waals surface area (Å²) < 4.78 is 19.0. The summed E-state index contributed by atoms with van der Waals surface area (Å²) in [6, 6.07) is 14.7. The number of hydrogen-bond acceptors (Lipinski definition) is 7. The van der Waals surface area contributed by atoms with Crippen molar-refractivity contribution in [1.82, 2.24) is 9.78 Å². The number of benzene rings is 2. The maximum atomic E-state index is 13.1. The van der Waals surface area contributed by atoms with Crippen LogP contribution in [0.5, 0.6) is 0 Å². The molecular formula is C21H16FN5O3. The van der Waals surface area contributed by atoms with E-state index in [0.29, 0.717) is 11.4 Å². The quantitative estimate of drug-likeness (QED) is 0.486. The molecule has 0 fully saturated rings. The molecule has 0 atom stereocenters. The number of carbonyl (C=O) groups is 1. The minimum atomic E-state index is -0.846. The van der Waals surface area contributed by atoms with Gasteiger partial charge in [0.2, 0.25) is 5.89 Å². The highest BCUT2D eigenvalue weighted by Crippen LogP contribution is 2.40. The molecule has 0 radical (unpaired) electrons. The Bertz CT molecular complexity index is 1240. The van der Waals surface area contributed by atoms with Crippen LogP contribution in [0.25, 0.3) is 11.5 Å². The van der Waals surface area contributed by atoms with Gasteiger partial charge in [0.15, 0.2) is 5.78 Å². The van der Waals surface area contributed by atoms with Crippen LogP contribution < -0.4 is 15.6 Å². The SMILES string of the molecule is CN1C(=C(C#N)C(=O)Cn2nc(-c3ccc(F)cc3)oc2=O)N(C)c2ccccc21. The highest BCUT2D eigenvalue weighted by molar-refractivity contribution is 6.02. The van der Waals surface area contributed by atoms with E-state index in [0.717, 1.165) is 16.1 Å². The summed E-state index contributed by atoms with van der Waals surface area (Å²) in [7, 11) is 3.52. The van der Waals surface area contributed by atoms with Gasteiger partial charge in [-0.25, -0.2) is 9.18 Å². The fourth-order valence-corrected chi connectivity index (χ4v) is 3.39. The number of nitrogens with zero attached hydrogens (tertiary/aromatic N) is 5. The molecule has 0 spiro atoms. The lowest BCUT2D eigenvalue weighted by atomic mass is 10.1. The average molecular weight is 405 g/mol. The molecule has 0 saturated heterocycles. The number of carbonyl (C=O) groups excluding carboxylic acids is 1. The van der Waals surface area contributed by atoms with Crippen LogP contribution in [-0.2, 0) is 11.3 Å². The van der Waals surface area contributed by atoms with Gasteiger partial charge >= 0.3 is 5.76 Å². The highest BCUT2D eigenvalue weighted by Gasteiger charge is 2.31. The fourth-order valence-electron chi connectivity index (χ4n) is 3.39. The van der Waals surface area contributed by atoms with E-state index in [1.165, 1.54) is 24.3 Å². The van der Waals surface area contributed by atoms with Crippen molar-refractivity contribution in [2.45, 2.75) is 6.54 Å². The zero-order valence-corrected chi connectivity index (χ0v) is 16.2. The van der Waals surface area contributed by atoms with Gasteiger partial charge < -0.3 is 14.2 Å². The predicted octanol–water partition coefficient (Wildman–Crippen LogP) is 2.53. The van der Waals surface area contributed by atoms with Gasteiger partial charge in [0.1, 0.15) is 29.8 Å². The van der Waals surface area contributed by atoms with Crippen molar-refractivity contribution in [3.63, 3.8) is 0 Å². The molecule has 0 unspecified atom stereocenters. The third kappa shape index (κ3) is 3.14. The van der Waals surface area contributed by atoms with Crippen LogP contribution in [0.2, 0.25) is 0 Å². The maximum absolute atomic E-state index is 13.1. The molecule has 2 aromatic carbocycles. The van der Waals surface area contributed by atoms with Crippen LogP contribution in [0.4, 0.5) is 15.8 Å². The van der Waals surface area contributed by atoms with Crippen molar-refractivity contribution in [3.05, 3.63) is 76.3 Å². The number of ketones is 1. The minimum Gasteiger partial charge on any atom is -0.388 e. The zero-order valence-electron chi connectivity index (χ0n) is 16.2. The molecule has 30 heavy (non-hydrogen) atoms. The van der Waals surface area contributed by atoms with Crippen LogP contribution in [0.1, 0.15) is 0 Å². The minimum absolute atomic E-state index is 0.0403. The Balaban J connectivity index is 1.66. The summed E-state index contributed by atoms with van der Waals surface area (Å²) in [4.78, 5) is 28.5. The summed E-state index contributed by atoms with van der Waals surface area (Å²) in [5.74, 6) is -1.49. The third-order valence-corrected chi connectivity index (χ3v) is 4.84. The van der Waals surface area contributed by atoms with E-state index in [9.17, 15) is 19.2 Å². The topological polar surface area (TPSA) is 95.4 Å². The molecular weight excluding hydrogens is 389 g/mol. The lowest BCUT2D eigenvalue weighted by molar-refractivity contribution is -0.116. The Kier molecular flexibility index (Phi) is 4.68. The molecule has 1 aliphatic rings. The second-order valence-corrected chi connectivity index (χ2v) is 6.68. The van der Waals surface area contributed by atoms with E-state index in [-0.39, 0.29) is 11.5 Å². The van der Waals surface area contributed by atoms with E-state index < -0.39 is 23.9 Å². The van der Waals surface area contributed by atoms with Gasteiger partial charge in [0.05, 0.1) is 11.4 Å². The molecule has 0 aliphatic carbocycles. The average Bonchev–Trinajstić information content (AvgIpc) is 3.22. The Morgan fingerprint density at radius 2 is 1.70 bits per heavy atom. The first kappa shape index (κ1) is 19.1. The van der Waals surface area contributed by atoms with Gasteiger partial charge in [-0.1, -0.05) is 12.1 Å². The lowest BCUT2D eigenvalue weighted by Crippen LogP contribution is -2.29. The molecule has 8 nitrogen and oxygen atoms in total. The maximum Gasteiger partial charge on any atom is 0.437 e. The summed E-state index contributed by atoms with van der Waals surface area (Å²) in [5, 5.41) is 13.7. The second-order valence-electron chi connectivity index (χ2n) is 6.68. The number of allylic oxidation sites excluding steroid dienone is 1. The fraction of sp³-hybridized carbons (Fsp3) is 0.143. The van der Waals surface area contributed by atoms with Crippen molar-refractivity contribution in [2.75, 3.05) is 23.9 Å². The summed E-state index contributed by atoms with van der Waals surface area (Å²) in [6.07, 6.45) is 0. The smallest absolute Gasteiger partial charge is 0.388 e. The Morgan fingerprint density at radius 1 is 1.10 bits per heavy atom. The van der Waals surface area contributed by atoms with Crippen molar-refractivity contribution >= 4 is 17.2 Å². The first-order valence-electron chi connectivity index (χ1n) is 8.98. The third-order valence-electron chi connectivity index (χ3n) is 4.84. The van der Waals surface area contributed by atoms with E-state index in [2.05, 4.69) is 5.10 Å². The predicted molar refractivity (Wildman–Crippen MR) is 107 cm³/mol. The highest BCUT2D eigenvalue weighted by atomic mass is 19.1. The van der Waals surface area contributed by atoms with Crippen LogP contribution in [0.15, 0.2) is 69.1 Å². The van der Waals surface area contributed by atoms with E-state index in [4.69, 9.17) is 4.42 Å². The summed E-state index contributed by atoms with van der Waals surface area (Å²) >= 11 is 0. The molecule has 4 rings (SSSR count). The van der Waals surface area contributed by atoms with Crippen molar-refractivity contribution in [1.29, 1.82) is 5.26 Å². The number of aromatic nitrogens is 2. The van der Waals surface area contributed by atoms with Crippen LogP contribution in [0, 0.1) is 17.1 Å². The molecule has 9 heteroatoms. The molecule has 0 saturated carbocycles. The molecule has 1 aromatic heterocycles. The normalized spacial score (nSPS) is 12.7. The molecule has 0 bridgehead atoms. The van der Waals surface area contributed by atoms with Gasteiger partial charge in [-0.2, -0.15) is 9.94 Å². The zero-order chi connectivity index (χ0) is 21.4. The standard InChI is InChI=1S/C21H16FN5O3/c1-25-16-5-3-4-6-17(16)26(2)20(25)15(11-23)18(28)12-27-21(29)30-19(24-27)13-7-9-14(22)10-8-13/h3-10H,12H2,1-2H3. The number of para-hydroxylation sites is 2. The van der Waals surface area contributed by atoms with Gasteiger partial charge in [-0.05, 0) is 36.4 Å². The summed E-state index contributed by atoms with van der Waals surface area (Å²) in [5.41, 5.74) is 2.00. The number of hydrogen-bond donors (Lipinski definition) is 0. The number of fused-ring (bicyclic) bond motifs is 1. The van der Waals surface area contributed by atoms with Gasteiger partial charge in [0.25, 0.3) is 0 Å². The van der Waals surface area contributed by atoms with E-state index in [1.807, 2.05) is 30.3 Å². The number of rotatable bonds is 4. The van der Waals surface area contributed by atoms with Crippen molar-refractivity contribution < 1.29 is 13.6 Å². The van der Waals surface area contributed by atoms with Gasteiger partial charge in [-0.3, -0.25) is 4.79 Å². The monoisotopic (exact) mass is 405 g/mol. The Labute approximate surface area is 170 Å². The number of anilines is 2.